The van der Waals surface area contributed by atoms with Crippen molar-refractivity contribution in [2.75, 3.05) is 11.9 Å². The van der Waals surface area contributed by atoms with E-state index in [1.807, 2.05) is 0 Å². The fourth-order valence-corrected chi connectivity index (χ4v) is 5.15. The molecule has 10 heteroatoms. The maximum atomic E-state index is 12.8. The average Bonchev–Trinajstić information content (AvgIpc) is 3.39. The van der Waals surface area contributed by atoms with Gasteiger partial charge in [-0.25, -0.2) is 9.48 Å². The molecule has 1 N–H and O–H groups in total. The van der Waals surface area contributed by atoms with E-state index in [2.05, 4.69) is 10.4 Å². The largest absolute Gasteiger partial charge is 0.470 e. The molecule has 0 spiro atoms. The number of carbonyl (C=O) groups excluding carboxylic acids is 2. The Kier molecular flexibility index (Phi) is 7.03. The van der Waals surface area contributed by atoms with Gasteiger partial charge in [0.2, 0.25) is 0 Å². The Hall–Kier alpha value is -2.55. The molecule has 32 heavy (non-hydrogen) atoms. The Balaban J connectivity index is 1.48. The molecule has 0 bridgehead atoms. The van der Waals surface area contributed by atoms with Crippen molar-refractivity contribution in [2.24, 2.45) is 0 Å². The van der Waals surface area contributed by atoms with E-state index in [4.69, 9.17) is 32.7 Å². The zero-order valence-electron chi connectivity index (χ0n) is 17.3. The lowest BCUT2D eigenvalue weighted by molar-refractivity contribution is 0.0526. The predicted molar refractivity (Wildman–Crippen MR) is 124 cm³/mol. The third kappa shape index (κ3) is 4.77. The van der Waals surface area contributed by atoms with E-state index in [0.29, 0.717) is 26.4 Å². The SMILES string of the molecule is CCOC(=O)c1c(NC(=O)c2ccn(COc3cccc(Cl)c3Cl)n2)sc2c1CCCC2. The van der Waals surface area contributed by atoms with Crippen molar-refractivity contribution >= 4 is 51.4 Å². The monoisotopic (exact) mass is 493 g/mol. The minimum Gasteiger partial charge on any atom is -0.470 e. The molecule has 0 unspecified atom stereocenters. The summed E-state index contributed by atoms with van der Waals surface area (Å²) in [5.74, 6) is -0.392. The van der Waals surface area contributed by atoms with E-state index >= 15 is 0 Å². The van der Waals surface area contributed by atoms with Gasteiger partial charge in [0.1, 0.15) is 15.8 Å². The first-order chi connectivity index (χ1) is 15.5. The number of esters is 1. The lowest BCUT2D eigenvalue weighted by atomic mass is 9.95. The first kappa shape index (κ1) is 22.6. The van der Waals surface area contributed by atoms with Crippen LogP contribution in [0.5, 0.6) is 5.75 Å². The summed E-state index contributed by atoms with van der Waals surface area (Å²) in [5.41, 5.74) is 1.66. The molecule has 1 amide bonds. The van der Waals surface area contributed by atoms with Gasteiger partial charge in [-0.15, -0.1) is 11.3 Å². The number of aryl methyl sites for hydroxylation is 1. The molecule has 2 heterocycles. The number of halogens is 2. The number of rotatable bonds is 7. The normalized spacial score (nSPS) is 12.8. The van der Waals surface area contributed by atoms with Gasteiger partial charge >= 0.3 is 5.97 Å². The number of nitrogens with one attached hydrogen (secondary N) is 1. The van der Waals surface area contributed by atoms with Crippen LogP contribution in [-0.2, 0) is 24.3 Å². The Morgan fingerprint density at radius 3 is 2.84 bits per heavy atom. The highest BCUT2D eigenvalue weighted by molar-refractivity contribution is 7.17. The number of fused-ring (bicyclic) bond motifs is 1. The molecule has 0 atom stereocenters. The van der Waals surface area contributed by atoms with Gasteiger partial charge in [-0.05, 0) is 56.4 Å². The van der Waals surface area contributed by atoms with Gasteiger partial charge in [-0.2, -0.15) is 5.10 Å². The summed E-state index contributed by atoms with van der Waals surface area (Å²) in [7, 11) is 0. The van der Waals surface area contributed by atoms with Crippen molar-refractivity contribution in [3.63, 3.8) is 0 Å². The van der Waals surface area contributed by atoms with Crippen molar-refractivity contribution in [1.82, 2.24) is 9.78 Å². The highest BCUT2D eigenvalue weighted by Gasteiger charge is 2.27. The number of hydrogen-bond donors (Lipinski definition) is 1. The molecule has 0 saturated carbocycles. The Morgan fingerprint density at radius 2 is 2.03 bits per heavy atom. The molecule has 0 saturated heterocycles. The highest BCUT2D eigenvalue weighted by Crippen LogP contribution is 2.38. The molecule has 3 aromatic rings. The number of carbonyl (C=O) groups is 2. The smallest absolute Gasteiger partial charge is 0.341 e. The number of anilines is 1. The summed E-state index contributed by atoms with van der Waals surface area (Å²) in [6.45, 7) is 2.09. The van der Waals surface area contributed by atoms with E-state index in [0.717, 1.165) is 36.1 Å². The number of benzene rings is 1. The van der Waals surface area contributed by atoms with Crippen LogP contribution in [0, 0.1) is 0 Å². The molecule has 0 radical (unpaired) electrons. The Labute approximate surface area is 199 Å². The maximum Gasteiger partial charge on any atom is 0.341 e. The van der Waals surface area contributed by atoms with Crippen LogP contribution < -0.4 is 10.1 Å². The number of aromatic nitrogens is 2. The summed E-state index contributed by atoms with van der Waals surface area (Å²) in [5, 5.41) is 8.32. The first-order valence-corrected chi connectivity index (χ1v) is 11.8. The van der Waals surface area contributed by atoms with Crippen LogP contribution in [0.4, 0.5) is 5.00 Å². The summed E-state index contributed by atoms with van der Waals surface area (Å²) >= 11 is 13.6. The van der Waals surface area contributed by atoms with E-state index in [9.17, 15) is 9.59 Å². The molecule has 1 aliphatic carbocycles. The Bertz CT molecular complexity index is 1160. The molecule has 0 fully saturated rings. The van der Waals surface area contributed by atoms with Crippen molar-refractivity contribution in [2.45, 2.75) is 39.3 Å². The standard InChI is InChI=1S/C22H21Cl2N3O4S/c1-2-30-22(29)18-13-6-3-4-9-17(13)32-21(18)25-20(28)15-10-11-27(26-15)12-31-16-8-5-7-14(23)19(16)24/h5,7-8,10-11H,2-4,6,9,12H2,1H3,(H,25,28). The number of nitrogens with zero attached hydrogens (tertiary/aromatic N) is 2. The van der Waals surface area contributed by atoms with E-state index in [1.165, 1.54) is 16.0 Å². The van der Waals surface area contributed by atoms with Gasteiger partial charge in [-0.3, -0.25) is 4.79 Å². The van der Waals surface area contributed by atoms with Crippen LogP contribution >= 0.6 is 34.5 Å². The van der Waals surface area contributed by atoms with Crippen LogP contribution in [0.25, 0.3) is 0 Å². The lowest BCUT2D eigenvalue weighted by Gasteiger charge is -2.12. The number of amides is 1. The van der Waals surface area contributed by atoms with Gasteiger partial charge in [0.05, 0.1) is 17.2 Å². The van der Waals surface area contributed by atoms with Crippen LogP contribution in [0.2, 0.25) is 10.0 Å². The fraction of sp³-hybridized carbons (Fsp3) is 0.318. The first-order valence-electron chi connectivity index (χ1n) is 10.2. The topological polar surface area (TPSA) is 82.5 Å². The molecule has 0 aliphatic heterocycles. The highest BCUT2D eigenvalue weighted by atomic mass is 35.5. The van der Waals surface area contributed by atoms with Gasteiger partial charge < -0.3 is 14.8 Å². The molecule has 7 nitrogen and oxygen atoms in total. The molecular formula is C22H21Cl2N3O4S. The van der Waals surface area contributed by atoms with E-state index in [1.54, 1.807) is 37.4 Å². The minimum atomic E-state index is -0.409. The predicted octanol–water partition coefficient (Wildman–Crippen LogP) is 5.60. The number of ether oxygens (including phenoxy) is 2. The van der Waals surface area contributed by atoms with Crippen LogP contribution in [-0.4, -0.2) is 28.3 Å². The second kappa shape index (κ2) is 9.94. The molecular weight excluding hydrogens is 473 g/mol. The van der Waals surface area contributed by atoms with E-state index < -0.39 is 11.9 Å². The fourth-order valence-electron chi connectivity index (χ4n) is 3.53. The van der Waals surface area contributed by atoms with Crippen molar-refractivity contribution in [3.8, 4) is 5.75 Å². The van der Waals surface area contributed by atoms with Gasteiger partial charge in [0, 0.05) is 11.1 Å². The summed E-state index contributed by atoms with van der Waals surface area (Å²) in [4.78, 5) is 26.5. The third-order valence-electron chi connectivity index (χ3n) is 5.02. The third-order valence-corrected chi connectivity index (χ3v) is 7.03. The average molecular weight is 494 g/mol. The van der Waals surface area contributed by atoms with Crippen LogP contribution in [0.1, 0.15) is 51.1 Å². The number of thiophene rings is 1. The van der Waals surface area contributed by atoms with Gasteiger partial charge in [0.25, 0.3) is 5.91 Å². The second-order valence-electron chi connectivity index (χ2n) is 7.16. The summed E-state index contributed by atoms with van der Waals surface area (Å²) in [6, 6.07) is 6.67. The lowest BCUT2D eigenvalue weighted by Crippen LogP contribution is -2.17. The molecule has 1 aromatic carbocycles. The summed E-state index contributed by atoms with van der Waals surface area (Å²) < 4.78 is 12.3. The van der Waals surface area contributed by atoms with Gasteiger partial charge in [-0.1, -0.05) is 29.3 Å². The zero-order valence-corrected chi connectivity index (χ0v) is 19.6. The number of hydrogen-bond acceptors (Lipinski definition) is 6. The molecule has 1 aliphatic rings. The Morgan fingerprint density at radius 1 is 1.22 bits per heavy atom. The van der Waals surface area contributed by atoms with Crippen LogP contribution in [0.3, 0.4) is 0 Å². The molecule has 2 aromatic heterocycles. The van der Waals surface area contributed by atoms with E-state index in [-0.39, 0.29) is 19.0 Å². The van der Waals surface area contributed by atoms with Crippen LogP contribution in [0.15, 0.2) is 30.5 Å². The van der Waals surface area contributed by atoms with Crippen molar-refractivity contribution in [3.05, 3.63) is 62.2 Å². The zero-order chi connectivity index (χ0) is 22.7. The van der Waals surface area contributed by atoms with Crippen molar-refractivity contribution in [1.29, 1.82) is 0 Å². The summed E-state index contributed by atoms with van der Waals surface area (Å²) in [6.07, 6.45) is 5.43. The second-order valence-corrected chi connectivity index (χ2v) is 9.05. The van der Waals surface area contributed by atoms with Gasteiger partial charge in [0.15, 0.2) is 12.4 Å². The maximum absolute atomic E-state index is 12.8. The van der Waals surface area contributed by atoms with Crippen molar-refractivity contribution < 1.29 is 19.1 Å². The minimum absolute atomic E-state index is 0.0503. The quantitative estimate of drug-likeness (QED) is 0.433. The molecule has 168 valence electrons. The molecule has 4 rings (SSSR count).